The molecule has 0 spiro atoms. The second-order valence-corrected chi connectivity index (χ2v) is 12.4. The highest BCUT2D eigenvalue weighted by Gasteiger charge is 2.22. The number of rotatable bonds is 2. The van der Waals surface area contributed by atoms with Crippen LogP contribution in [0, 0.1) is 0 Å². The summed E-state index contributed by atoms with van der Waals surface area (Å²) >= 11 is 1.89. The fourth-order valence-corrected chi connectivity index (χ4v) is 8.21. The average Bonchev–Trinajstić information content (AvgIpc) is 3.62. The molecule has 10 rings (SSSR count). The lowest BCUT2D eigenvalue weighted by molar-refractivity contribution is 1.08. The molecule has 3 heterocycles. The Morgan fingerprint density at radius 1 is 0.477 bits per heavy atom. The van der Waals surface area contributed by atoms with Gasteiger partial charge in [-0.3, -0.25) is 4.57 Å². The van der Waals surface area contributed by atoms with Crippen LogP contribution in [-0.2, 0) is 0 Å². The first-order valence-corrected chi connectivity index (χ1v) is 15.7. The molecule has 0 unspecified atom stereocenters. The van der Waals surface area contributed by atoms with Gasteiger partial charge in [0.15, 0.2) is 5.82 Å². The SMILES string of the molecule is c1ccc(-c2nc3ccccc3nc2-n2c3cc4c(cc3c3c5ccccc5ccc32)sc2c3ccccc3ccc42)cc1. The predicted octanol–water partition coefficient (Wildman–Crippen LogP) is 11.1. The van der Waals surface area contributed by atoms with Crippen LogP contribution in [-0.4, -0.2) is 14.5 Å². The first-order chi connectivity index (χ1) is 21.8. The zero-order valence-corrected chi connectivity index (χ0v) is 24.3. The van der Waals surface area contributed by atoms with E-state index in [9.17, 15) is 0 Å². The maximum atomic E-state index is 5.35. The van der Waals surface area contributed by atoms with Gasteiger partial charge in [-0.15, -0.1) is 11.3 Å². The zero-order valence-electron chi connectivity index (χ0n) is 23.5. The van der Waals surface area contributed by atoms with Crippen LogP contribution in [0.3, 0.4) is 0 Å². The van der Waals surface area contributed by atoms with Gasteiger partial charge < -0.3 is 0 Å². The van der Waals surface area contributed by atoms with Crippen molar-refractivity contribution in [3.63, 3.8) is 0 Å². The lowest BCUT2D eigenvalue weighted by atomic mass is 10.0. The summed E-state index contributed by atoms with van der Waals surface area (Å²) in [7, 11) is 0. The van der Waals surface area contributed by atoms with Crippen molar-refractivity contribution in [1.82, 2.24) is 14.5 Å². The largest absolute Gasteiger partial charge is 0.292 e. The van der Waals surface area contributed by atoms with Crippen LogP contribution in [0.4, 0.5) is 0 Å². The van der Waals surface area contributed by atoms with E-state index in [4.69, 9.17) is 9.97 Å². The van der Waals surface area contributed by atoms with E-state index in [0.717, 1.165) is 39.1 Å². The minimum Gasteiger partial charge on any atom is -0.292 e. The van der Waals surface area contributed by atoms with Crippen LogP contribution in [0.1, 0.15) is 0 Å². The molecule has 0 aliphatic carbocycles. The summed E-state index contributed by atoms with van der Waals surface area (Å²) in [6, 6.07) is 49.8. The number of para-hydroxylation sites is 2. The summed E-state index contributed by atoms with van der Waals surface area (Å²) < 4.78 is 4.98. The van der Waals surface area contributed by atoms with E-state index in [2.05, 4.69) is 120 Å². The topological polar surface area (TPSA) is 30.7 Å². The van der Waals surface area contributed by atoms with Gasteiger partial charge in [0.05, 0.1) is 22.1 Å². The molecule has 3 nitrogen and oxygen atoms in total. The molecule has 0 N–H and O–H groups in total. The Hall–Kier alpha value is -5.58. The molecular formula is C40H23N3S. The van der Waals surface area contributed by atoms with Crippen LogP contribution < -0.4 is 0 Å². The van der Waals surface area contributed by atoms with Gasteiger partial charge in [0.25, 0.3) is 0 Å². The van der Waals surface area contributed by atoms with Crippen molar-refractivity contribution in [2.24, 2.45) is 0 Å². The quantitative estimate of drug-likeness (QED) is 0.205. The fourth-order valence-electron chi connectivity index (χ4n) is 6.95. The second kappa shape index (κ2) is 8.96. The van der Waals surface area contributed by atoms with E-state index >= 15 is 0 Å². The highest BCUT2D eigenvalue weighted by molar-refractivity contribution is 7.26. The molecule has 0 bridgehead atoms. The zero-order chi connectivity index (χ0) is 28.8. The molecule has 0 fully saturated rings. The average molecular weight is 578 g/mol. The van der Waals surface area contributed by atoms with Gasteiger partial charge in [0, 0.05) is 36.5 Å². The van der Waals surface area contributed by atoms with Crippen molar-refractivity contribution in [3.8, 4) is 17.1 Å². The van der Waals surface area contributed by atoms with Crippen molar-refractivity contribution in [3.05, 3.63) is 140 Å². The maximum absolute atomic E-state index is 5.35. The Kier molecular flexibility index (Phi) is 4.87. The van der Waals surface area contributed by atoms with Crippen molar-refractivity contribution in [1.29, 1.82) is 0 Å². The molecule has 0 saturated carbocycles. The van der Waals surface area contributed by atoms with Crippen LogP contribution >= 0.6 is 11.3 Å². The molecule has 0 aliphatic heterocycles. The Morgan fingerprint density at radius 2 is 1.16 bits per heavy atom. The minimum absolute atomic E-state index is 0.842. The molecular weight excluding hydrogens is 555 g/mol. The summed E-state index contributed by atoms with van der Waals surface area (Å²) in [6.45, 7) is 0. The van der Waals surface area contributed by atoms with Crippen molar-refractivity contribution in [2.75, 3.05) is 0 Å². The number of hydrogen-bond acceptors (Lipinski definition) is 3. The molecule has 7 aromatic carbocycles. The number of thiophene rings is 1. The molecule has 0 aliphatic rings. The molecule has 4 heteroatoms. The number of fused-ring (bicyclic) bond motifs is 11. The molecule has 0 radical (unpaired) electrons. The number of aromatic nitrogens is 3. The van der Waals surface area contributed by atoms with Crippen LogP contribution in [0.2, 0.25) is 0 Å². The Balaban J connectivity index is 1.42. The molecule has 3 aromatic heterocycles. The fraction of sp³-hybridized carbons (Fsp3) is 0. The number of nitrogens with zero attached hydrogens (tertiary/aromatic N) is 3. The van der Waals surface area contributed by atoms with E-state index in [0.29, 0.717) is 0 Å². The number of hydrogen-bond donors (Lipinski definition) is 0. The van der Waals surface area contributed by atoms with E-state index in [1.165, 1.54) is 52.5 Å². The second-order valence-electron chi connectivity index (χ2n) is 11.4. The van der Waals surface area contributed by atoms with Crippen molar-refractivity contribution in [2.45, 2.75) is 0 Å². The maximum Gasteiger partial charge on any atom is 0.165 e. The lowest BCUT2D eigenvalue weighted by Crippen LogP contribution is -2.03. The van der Waals surface area contributed by atoms with Crippen molar-refractivity contribution < 1.29 is 0 Å². The molecule has 10 aromatic rings. The predicted molar refractivity (Wildman–Crippen MR) is 187 cm³/mol. The third kappa shape index (κ3) is 3.31. The van der Waals surface area contributed by atoms with Gasteiger partial charge in [-0.05, 0) is 51.9 Å². The molecule has 0 atom stereocenters. The molecule has 44 heavy (non-hydrogen) atoms. The summed E-state index contributed by atoms with van der Waals surface area (Å²) in [5.74, 6) is 0.842. The Labute approximate surface area is 256 Å². The summed E-state index contributed by atoms with van der Waals surface area (Å²) in [6.07, 6.45) is 0. The first kappa shape index (κ1) is 23.9. The van der Waals surface area contributed by atoms with Gasteiger partial charge in [0.2, 0.25) is 0 Å². The standard InChI is InChI=1S/C40H23N3S/c1-2-12-26(13-3-1)38-40(42-33-17-9-8-16-32(33)41-38)43-34-21-19-24-10-4-6-14-27(24)37(34)31-23-36-30(22-35(31)43)29-20-18-25-11-5-7-15-28(25)39(29)44-36/h1-23H. The van der Waals surface area contributed by atoms with Gasteiger partial charge >= 0.3 is 0 Å². The van der Waals surface area contributed by atoms with Gasteiger partial charge in [0.1, 0.15) is 5.69 Å². The highest BCUT2D eigenvalue weighted by atomic mass is 32.1. The number of benzene rings is 7. The Morgan fingerprint density at radius 3 is 2.00 bits per heavy atom. The van der Waals surface area contributed by atoms with Crippen molar-refractivity contribution >= 4 is 85.9 Å². The summed E-state index contributed by atoms with van der Waals surface area (Å²) in [5, 5.41) is 10.1. The first-order valence-electron chi connectivity index (χ1n) is 14.8. The van der Waals surface area contributed by atoms with Crippen LogP contribution in [0.25, 0.3) is 91.6 Å². The van der Waals surface area contributed by atoms with Gasteiger partial charge in [-0.25, -0.2) is 9.97 Å². The molecule has 204 valence electrons. The van der Waals surface area contributed by atoms with E-state index in [1.807, 2.05) is 35.6 Å². The Bertz CT molecular complexity index is 2770. The van der Waals surface area contributed by atoms with Crippen LogP contribution in [0.15, 0.2) is 140 Å². The minimum atomic E-state index is 0.842. The smallest absolute Gasteiger partial charge is 0.165 e. The van der Waals surface area contributed by atoms with Crippen LogP contribution in [0.5, 0.6) is 0 Å². The monoisotopic (exact) mass is 577 g/mol. The lowest BCUT2D eigenvalue weighted by Gasteiger charge is -2.14. The van der Waals surface area contributed by atoms with Gasteiger partial charge in [-0.2, -0.15) is 0 Å². The summed E-state index contributed by atoms with van der Waals surface area (Å²) in [4.78, 5) is 10.6. The third-order valence-electron chi connectivity index (χ3n) is 8.95. The highest BCUT2D eigenvalue weighted by Crippen LogP contribution is 2.45. The normalized spacial score (nSPS) is 12.1. The molecule has 0 saturated heterocycles. The summed E-state index contributed by atoms with van der Waals surface area (Å²) in [5.41, 5.74) is 5.96. The van der Waals surface area contributed by atoms with E-state index < -0.39 is 0 Å². The van der Waals surface area contributed by atoms with E-state index in [-0.39, 0.29) is 0 Å². The van der Waals surface area contributed by atoms with E-state index in [1.54, 1.807) is 0 Å². The van der Waals surface area contributed by atoms with Gasteiger partial charge in [-0.1, -0.05) is 109 Å². The molecule has 0 amide bonds. The third-order valence-corrected chi connectivity index (χ3v) is 10.2.